The normalized spacial score (nSPS) is 12.7. The summed E-state index contributed by atoms with van der Waals surface area (Å²) >= 11 is 0. The van der Waals surface area contributed by atoms with Gasteiger partial charge in [0.25, 0.3) is 6.43 Å². The number of halogens is 2. The fraction of sp³-hybridized carbons (Fsp3) is 0.417. The number of carboxylic acids is 1. The highest BCUT2D eigenvalue weighted by Gasteiger charge is 2.22. The fourth-order valence-electron chi connectivity index (χ4n) is 1.71. The van der Waals surface area contributed by atoms with E-state index in [0.29, 0.717) is 6.42 Å². The number of carbonyl (C=O) groups is 1. The van der Waals surface area contributed by atoms with Gasteiger partial charge >= 0.3 is 5.97 Å². The lowest BCUT2D eigenvalue weighted by molar-refractivity contribution is 0.0695. The molecule has 100 valence electrons. The van der Waals surface area contributed by atoms with Crippen molar-refractivity contribution in [3.05, 3.63) is 28.8 Å². The van der Waals surface area contributed by atoms with Gasteiger partial charge in [0.2, 0.25) is 0 Å². The van der Waals surface area contributed by atoms with Gasteiger partial charge in [0.15, 0.2) is 0 Å². The minimum atomic E-state index is -2.76. The standard InChI is InChI=1S/C12H14F2O3S/c1-3-6-18(17)10-7(2)8(12(15)16)4-5-9(10)11(13)14/h4-5,11H,3,6H2,1-2H3,(H,15,16)/t18-/m1/s1. The van der Waals surface area contributed by atoms with Crippen molar-refractivity contribution in [1.82, 2.24) is 0 Å². The van der Waals surface area contributed by atoms with E-state index in [1.807, 2.05) is 0 Å². The van der Waals surface area contributed by atoms with Gasteiger partial charge in [-0.1, -0.05) is 13.0 Å². The van der Waals surface area contributed by atoms with Crippen molar-refractivity contribution < 1.29 is 22.9 Å². The third-order valence-corrected chi connectivity index (χ3v) is 4.30. The zero-order valence-electron chi connectivity index (χ0n) is 10.1. The number of rotatable bonds is 5. The second-order valence-electron chi connectivity index (χ2n) is 3.81. The van der Waals surface area contributed by atoms with Crippen LogP contribution in [0.2, 0.25) is 0 Å². The molecule has 0 saturated heterocycles. The number of alkyl halides is 2. The van der Waals surface area contributed by atoms with Crippen LogP contribution in [0.4, 0.5) is 8.78 Å². The molecule has 1 aromatic rings. The van der Waals surface area contributed by atoms with Crippen LogP contribution in [0, 0.1) is 6.92 Å². The minimum Gasteiger partial charge on any atom is -0.478 e. The summed E-state index contributed by atoms with van der Waals surface area (Å²) in [5.74, 6) is -0.966. The van der Waals surface area contributed by atoms with Crippen LogP contribution < -0.4 is 0 Å². The first-order valence-corrected chi connectivity index (χ1v) is 6.75. The average Bonchev–Trinajstić information content (AvgIpc) is 2.27. The first-order valence-electron chi connectivity index (χ1n) is 5.43. The second-order valence-corrected chi connectivity index (χ2v) is 5.32. The lowest BCUT2D eigenvalue weighted by atomic mass is 10.1. The van der Waals surface area contributed by atoms with Gasteiger partial charge in [-0.25, -0.2) is 13.6 Å². The molecule has 0 saturated carbocycles. The number of benzene rings is 1. The van der Waals surface area contributed by atoms with Crippen molar-refractivity contribution in [2.75, 3.05) is 5.75 Å². The molecule has 1 aromatic carbocycles. The topological polar surface area (TPSA) is 54.4 Å². The Morgan fingerprint density at radius 2 is 2.06 bits per heavy atom. The van der Waals surface area contributed by atoms with E-state index in [2.05, 4.69) is 0 Å². The Bertz CT molecular complexity index is 486. The van der Waals surface area contributed by atoms with E-state index in [-0.39, 0.29) is 27.3 Å². The molecule has 18 heavy (non-hydrogen) atoms. The Kier molecular flexibility index (Phi) is 4.95. The lowest BCUT2D eigenvalue weighted by Gasteiger charge is -2.13. The molecule has 0 spiro atoms. The predicted octanol–water partition coefficient (Wildman–Crippen LogP) is 3.15. The van der Waals surface area contributed by atoms with Gasteiger partial charge in [0.1, 0.15) is 0 Å². The molecule has 0 bridgehead atoms. The van der Waals surface area contributed by atoms with Crippen molar-refractivity contribution >= 4 is 16.8 Å². The zero-order chi connectivity index (χ0) is 13.9. The molecule has 0 aliphatic heterocycles. The van der Waals surface area contributed by atoms with Crippen molar-refractivity contribution in [2.45, 2.75) is 31.6 Å². The van der Waals surface area contributed by atoms with E-state index < -0.39 is 23.2 Å². The maximum Gasteiger partial charge on any atom is 0.335 e. The molecule has 0 heterocycles. The summed E-state index contributed by atoms with van der Waals surface area (Å²) < 4.78 is 37.7. The molecule has 0 aliphatic rings. The largest absolute Gasteiger partial charge is 0.478 e. The van der Waals surface area contributed by atoms with Gasteiger partial charge in [-0.15, -0.1) is 0 Å². The molecular weight excluding hydrogens is 262 g/mol. The summed E-state index contributed by atoms with van der Waals surface area (Å²) in [7, 11) is -1.60. The van der Waals surface area contributed by atoms with E-state index in [1.165, 1.54) is 6.92 Å². The Morgan fingerprint density at radius 1 is 1.44 bits per heavy atom. The van der Waals surface area contributed by atoms with Crippen LogP contribution >= 0.6 is 0 Å². The Morgan fingerprint density at radius 3 is 2.50 bits per heavy atom. The Balaban J connectivity index is 3.45. The Labute approximate surface area is 106 Å². The number of aromatic carboxylic acids is 1. The van der Waals surface area contributed by atoms with Crippen molar-refractivity contribution in [2.24, 2.45) is 0 Å². The van der Waals surface area contributed by atoms with Gasteiger partial charge in [0.05, 0.1) is 21.3 Å². The molecule has 0 radical (unpaired) electrons. The third-order valence-electron chi connectivity index (χ3n) is 2.52. The maximum absolute atomic E-state index is 12.9. The average molecular weight is 276 g/mol. The summed E-state index contributed by atoms with van der Waals surface area (Å²) in [6, 6.07) is 2.18. The van der Waals surface area contributed by atoms with Crippen LogP contribution in [-0.2, 0) is 10.8 Å². The zero-order valence-corrected chi connectivity index (χ0v) is 10.9. The van der Waals surface area contributed by atoms with Crippen molar-refractivity contribution in [3.63, 3.8) is 0 Å². The van der Waals surface area contributed by atoms with Crippen LogP contribution in [0.25, 0.3) is 0 Å². The Hall–Kier alpha value is -1.30. The van der Waals surface area contributed by atoms with E-state index in [1.54, 1.807) is 6.92 Å². The summed E-state index contributed by atoms with van der Waals surface area (Å²) in [5, 5.41) is 8.94. The monoisotopic (exact) mass is 276 g/mol. The van der Waals surface area contributed by atoms with Gasteiger partial charge in [-0.05, 0) is 25.0 Å². The van der Waals surface area contributed by atoms with Crippen molar-refractivity contribution in [1.29, 1.82) is 0 Å². The lowest BCUT2D eigenvalue weighted by Crippen LogP contribution is -2.09. The first-order chi connectivity index (χ1) is 8.40. The minimum absolute atomic E-state index is 0.0354. The van der Waals surface area contributed by atoms with Crippen LogP contribution in [0.1, 0.15) is 41.3 Å². The SMILES string of the molecule is CCC[S@@](=O)c1c(C(F)F)ccc(C(=O)O)c1C. The molecule has 6 heteroatoms. The molecule has 0 fully saturated rings. The van der Waals surface area contributed by atoms with Crippen LogP contribution in [-0.4, -0.2) is 21.0 Å². The van der Waals surface area contributed by atoms with E-state index in [0.717, 1.165) is 12.1 Å². The molecular formula is C12H14F2O3S. The van der Waals surface area contributed by atoms with Crippen LogP contribution in [0.3, 0.4) is 0 Å². The molecule has 0 unspecified atom stereocenters. The smallest absolute Gasteiger partial charge is 0.335 e. The highest BCUT2D eigenvalue weighted by molar-refractivity contribution is 7.85. The summed E-state index contributed by atoms with van der Waals surface area (Å²) in [6.45, 7) is 3.20. The molecule has 0 aromatic heterocycles. The van der Waals surface area contributed by atoms with Gasteiger partial charge in [0, 0.05) is 11.3 Å². The highest BCUT2D eigenvalue weighted by atomic mass is 32.2. The molecule has 3 nitrogen and oxygen atoms in total. The number of carboxylic acid groups (broad SMARTS) is 1. The highest BCUT2D eigenvalue weighted by Crippen LogP contribution is 2.30. The van der Waals surface area contributed by atoms with Crippen LogP contribution in [0.5, 0.6) is 0 Å². The van der Waals surface area contributed by atoms with Crippen LogP contribution in [0.15, 0.2) is 17.0 Å². The summed E-state index contributed by atoms with van der Waals surface area (Å²) in [5.41, 5.74) is -0.268. The van der Waals surface area contributed by atoms with Gasteiger partial charge in [-0.3, -0.25) is 4.21 Å². The quantitative estimate of drug-likeness (QED) is 0.898. The molecule has 1 N–H and O–H groups in total. The maximum atomic E-state index is 12.9. The molecule has 0 aliphatic carbocycles. The third kappa shape index (κ3) is 2.93. The van der Waals surface area contributed by atoms with E-state index in [9.17, 15) is 17.8 Å². The van der Waals surface area contributed by atoms with E-state index >= 15 is 0 Å². The van der Waals surface area contributed by atoms with Gasteiger partial charge < -0.3 is 5.11 Å². The van der Waals surface area contributed by atoms with E-state index in [4.69, 9.17) is 5.11 Å². The summed E-state index contributed by atoms with van der Waals surface area (Å²) in [6.07, 6.45) is -2.19. The fourth-order valence-corrected chi connectivity index (χ4v) is 3.15. The second kappa shape index (κ2) is 6.04. The van der Waals surface area contributed by atoms with Gasteiger partial charge in [-0.2, -0.15) is 0 Å². The number of hydrogen-bond donors (Lipinski definition) is 1. The molecule has 0 amide bonds. The molecule has 1 atom stereocenters. The molecule has 1 rings (SSSR count). The van der Waals surface area contributed by atoms with Crippen molar-refractivity contribution in [3.8, 4) is 0 Å². The predicted molar refractivity (Wildman–Crippen MR) is 64.7 cm³/mol. The first kappa shape index (κ1) is 14.8. The summed E-state index contributed by atoms with van der Waals surface area (Å²) in [4.78, 5) is 10.9. The number of hydrogen-bond acceptors (Lipinski definition) is 2.